The number of hydrogen-bond acceptors (Lipinski definition) is 3. The van der Waals surface area contributed by atoms with E-state index in [9.17, 15) is 0 Å². The van der Waals surface area contributed by atoms with Crippen molar-refractivity contribution in [1.82, 2.24) is 9.80 Å². The van der Waals surface area contributed by atoms with Gasteiger partial charge in [-0.15, -0.1) is 0 Å². The van der Waals surface area contributed by atoms with Crippen LogP contribution in [-0.2, 0) is 0 Å². The molecule has 2 N–H and O–H groups in total. The van der Waals surface area contributed by atoms with Crippen molar-refractivity contribution < 1.29 is 0 Å². The van der Waals surface area contributed by atoms with Gasteiger partial charge < -0.3 is 10.6 Å². The summed E-state index contributed by atoms with van der Waals surface area (Å²) in [5.41, 5.74) is 5.55. The van der Waals surface area contributed by atoms with Crippen molar-refractivity contribution in [2.24, 2.45) is 11.7 Å². The quantitative estimate of drug-likeness (QED) is 0.716. The first-order valence-electron chi connectivity index (χ1n) is 5.97. The zero-order chi connectivity index (χ0) is 10.7. The zero-order valence-electron chi connectivity index (χ0n) is 9.32. The third kappa shape index (κ3) is 3.40. The molecule has 3 nitrogen and oxygen atoms in total. The van der Waals surface area contributed by atoms with Crippen LogP contribution in [0, 0.1) is 5.92 Å². The topological polar surface area (TPSA) is 32.5 Å². The van der Waals surface area contributed by atoms with Gasteiger partial charge in [-0.1, -0.05) is 18.6 Å². The smallest absolute Gasteiger partial charge is 0.0870 e. The number of nitrogens with two attached hydrogens (primary N) is 1. The fourth-order valence-electron chi connectivity index (χ4n) is 2.39. The Morgan fingerprint density at radius 2 is 1.73 bits per heavy atom. The Kier molecular flexibility index (Phi) is 3.94. The molecular formula is C11H21N3S. The largest absolute Gasteiger partial charge is 0.392 e. The molecule has 2 rings (SSSR count). The lowest BCUT2D eigenvalue weighted by atomic mass is 9.85. The number of rotatable bonds is 4. The van der Waals surface area contributed by atoms with Crippen LogP contribution >= 0.6 is 12.2 Å². The van der Waals surface area contributed by atoms with Gasteiger partial charge in [0.25, 0.3) is 0 Å². The zero-order valence-corrected chi connectivity index (χ0v) is 10.1. The molecule has 0 aromatic heterocycles. The van der Waals surface area contributed by atoms with Crippen molar-refractivity contribution in [3.63, 3.8) is 0 Å². The van der Waals surface area contributed by atoms with Crippen LogP contribution in [0.4, 0.5) is 0 Å². The van der Waals surface area contributed by atoms with Crippen molar-refractivity contribution in [1.29, 1.82) is 0 Å². The van der Waals surface area contributed by atoms with Crippen LogP contribution in [0.1, 0.15) is 19.3 Å². The van der Waals surface area contributed by atoms with E-state index in [-0.39, 0.29) is 0 Å². The van der Waals surface area contributed by atoms with Gasteiger partial charge >= 0.3 is 0 Å². The normalized spacial score (nSPS) is 25.1. The van der Waals surface area contributed by atoms with E-state index in [2.05, 4.69) is 9.80 Å². The molecule has 15 heavy (non-hydrogen) atoms. The summed E-state index contributed by atoms with van der Waals surface area (Å²) >= 11 is 4.93. The molecule has 0 aromatic rings. The Balaban J connectivity index is 1.64. The third-order valence-electron chi connectivity index (χ3n) is 3.59. The van der Waals surface area contributed by atoms with Crippen molar-refractivity contribution >= 4 is 17.2 Å². The van der Waals surface area contributed by atoms with E-state index in [1.807, 2.05) is 0 Å². The fraction of sp³-hybridized carbons (Fsp3) is 0.909. The Morgan fingerprint density at radius 1 is 1.13 bits per heavy atom. The van der Waals surface area contributed by atoms with Crippen molar-refractivity contribution in [2.75, 3.05) is 39.3 Å². The SMILES string of the molecule is NC(=S)CN1CCN(CC2CCC2)CC1. The molecule has 0 radical (unpaired) electrons. The maximum absolute atomic E-state index is 5.55. The Bertz CT molecular complexity index is 220. The molecule has 1 heterocycles. The van der Waals surface area contributed by atoms with Gasteiger partial charge in [0.05, 0.1) is 4.99 Å². The van der Waals surface area contributed by atoms with Gasteiger partial charge in [-0.05, 0) is 18.8 Å². The van der Waals surface area contributed by atoms with Crippen molar-refractivity contribution in [3.05, 3.63) is 0 Å². The minimum Gasteiger partial charge on any atom is -0.392 e. The first-order valence-corrected chi connectivity index (χ1v) is 6.38. The minimum absolute atomic E-state index is 0.627. The second-order valence-electron chi connectivity index (χ2n) is 4.84. The molecule has 1 aliphatic heterocycles. The first-order chi connectivity index (χ1) is 7.24. The standard InChI is InChI=1S/C11H21N3S/c12-11(15)9-14-6-4-13(5-7-14)8-10-2-1-3-10/h10H,1-9H2,(H2,12,15). The predicted molar refractivity (Wildman–Crippen MR) is 67.0 cm³/mol. The number of hydrogen-bond donors (Lipinski definition) is 1. The molecule has 2 fully saturated rings. The molecule has 0 aromatic carbocycles. The van der Waals surface area contributed by atoms with E-state index in [1.54, 1.807) is 0 Å². The van der Waals surface area contributed by atoms with Crippen LogP contribution in [0.2, 0.25) is 0 Å². The van der Waals surface area contributed by atoms with Crippen LogP contribution in [0.3, 0.4) is 0 Å². The molecule has 2 aliphatic rings. The summed E-state index contributed by atoms with van der Waals surface area (Å²) in [4.78, 5) is 5.59. The molecule has 0 atom stereocenters. The summed E-state index contributed by atoms with van der Waals surface area (Å²) < 4.78 is 0. The second-order valence-corrected chi connectivity index (χ2v) is 5.36. The van der Waals surface area contributed by atoms with Gasteiger partial charge in [-0.2, -0.15) is 0 Å². The van der Waals surface area contributed by atoms with Gasteiger partial charge in [0.2, 0.25) is 0 Å². The lowest BCUT2D eigenvalue weighted by molar-refractivity contribution is 0.109. The monoisotopic (exact) mass is 227 g/mol. The molecule has 4 heteroatoms. The summed E-state index contributed by atoms with van der Waals surface area (Å²) in [6, 6.07) is 0. The second kappa shape index (κ2) is 5.23. The van der Waals surface area contributed by atoms with Gasteiger partial charge in [-0.25, -0.2) is 0 Å². The van der Waals surface area contributed by atoms with E-state index < -0.39 is 0 Å². The van der Waals surface area contributed by atoms with Gasteiger partial charge in [-0.3, -0.25) is 4.90 Å². The van der Waals surface area contributed by atoms with E-state index >= 15 is 0 Å². The van der Waals surface area contributed by atoms with Gasteiger partial charge in [0.1, 0.15) is 0 Å². The summed E-state index contributed by atoms with van der Waals surface area (Å²) in [5, 5.41) is 0. The van der Waals surface area contributed by atoms with Crippen LogP contribution in [0.25, 0.3) is 0 Å². The third-order valence-corrected chi connectivity index (χ3v) is 3.71. The minimum atomic E-state index is 0.627. The molecule has 0 amide bonds. The van der Waals surface area contributed by atoms with Crippen LogP contribution < -0.4 is 5.73 Å². The van der Waals surface area contributed by atoms with E-state index in [1.165, 1.54) is 38.9 Å². The molecule has 1 saturated heterocycles. The highest BCUT2D eigenvalue weighted by molar-refractivity contribution is 7.80. The summed E-state index contributed by atoms with van der Waals surface area (Å²) in [7, 11) is 0. The maximum Gasteiger partial charge on any atom is 0.0870 e. The van der Waals surface area contributed by atoms with Crippen LogP contribution in [0.15, 0.2) is 0 Å². The van der Waals surface area contributed by atoms with Crippen LogP contribution in [0.5, 0.6) is 0 Å². The van der Waals surface area contributed by atoms with E-state index in [0.717, 1.165) is 25.6 Å². The first kappa shape index (κ1) is 11.3. The summed E-state index contributed by atoms with van der Waals surface area (Å²) in [6.45, 7) is 6.76. The lowest BCUT2D eigenvalue weighted by Crippen LogP contribution is -2.50. The predicted octanol–water partition coefficient (Wildman–Crippen LogP) is 0.690. The number of thiocarbonyl (C=S) groups is 1. The summed E-state index contributed by atoms with van der Waals surface area (Å²) in [6.07, 6.45) is 4.35. The van der Waals surface area contributed by atoms with E-state index in [0.29, 0.717) is 4.99 Å². The highest BCUT2D eigenvalue weighted by Crippen LogP contribution is 2.27. The van der Waals surface area contributed by atoms with Crippen molar-refractivity contribution in [2.45, 2.75) is 19.3 Å². The number of piperazine rings is 1. The molecule has 1 saturated carbocycles. The molecule has 0 spiro atoms. The highest BCUT2D eigenvalue weighted by Gasteiger charge is 2.23. The average molecular weight is 227 g/mol. The highest BCUT2D eigenvalue weighted by atomic mass is 32.1. The Hall–Kier alpha value is -0.190. The average Bonchev–Trinajstić information content (AvgIpc) is 2.13. The number of nitrogens with zero attached hydrogens (tertiary/aromatic N) is 2. The van der Waals surface area contributed by atoms with Crippen LogP contribution in [-0.4, -0.2) is 54.1 Å². The molecular weight excluding hydrogens is 206 g/mol. The van der Waals surface area contributed by atoms with E-state index in [4.69, 9.17) is 18.0 Å². The molecule has 1 aliphatic carbocycles. The van der Waals surface area contributed by atoms with Gasteiger partial charge in [0, 0.05) is 39.3 Å². The molecule has 86 valence electrons. The Morgan fingerprint density at radius 3 is 2.20 bits per heavy atom. The summed E-state index contributed by atoms with van der Waals surface area (Å²) in [5.74, 6) is 0.993. The Labute approximate surface area is 97.6 Å². The maximum atomic E-state index is 5.55. The molecule has 0 unspecified atom stereocenters. The molecule has 0 bridgehead atoms. The lowest BCUT2D eigenvalue weighted by Gasteiger charge is -2.38. The van der Waals surface area contributed by atoms with Gasteiger partial charge in [0.15, 0.2) is 0 Å². The fourth-order valence-corrected chi connectivity index (χ4v) is 2.57. The van der Waals surface area contributed by atoms with Crippen molar-refractivity contribution in [3.8, 4) is 0 Å².